The van der Waals surface area contributed by atoms with E-state index >= 15 is 0 Å². The molecule has 1 amide bonds. The van der Waals surface area contributed by atoms with Gasteiger partial charge in [-0.15, -0.1) is 0 Å². The fourth-order valence-corrected chi connectivity index (χ4v) is 2.72. The second-order valence-corrected chi connectivity index (χ2v) is 7.10. The lowest BCUT2D eigenvalue weighted by Gasteiger charge is -2.29. The fourth-order valence-electron chi connectivity index (χ4n) is 2.72. The molecule has 2 N–H and O–H groups in total. The lowest BCUT2D eigenvalue weighted by Crippen LogP contribution is -2.42. The molecule has 1 heterocycles. The number of cyclic esters (lactones) is 2. The third-order valence-electron chi connectivity index (χ3n) is 4.23. The molecule has 1 saturated heterocycles. The zero-order valence-electron chi connectivity index (χ0n) is 16.4. The van der Waals surface area contributed by atoms with Crippen molar-refractivity contribution in [1.29, 1.82) is 0 Å². The predicted octanol–water partition coefficient (Wildman–Crippen LogP) is 3.06. The van der Waals surface area contributed by atoms with Gasteiger partial charge in [-0.05, 0) is 24.6 Å². The van der Waals surface area contributed by atoms with E-state index in [1.807, 2.05) is 31.2 Å². The van der Waals surface area contributed by atoms with E-state index in [4.69, 9.17) is 9.47 Å². The molecule has 0 saturated carbocycles. The molecular weight excluding hydrogens is 372 g/mol. The number of rotatable bonds is 5. The number of benzene rings is 2. The van der Waals surface area contributed by atoms with Gasteiger partial charge in [-0.3, -0.25) is 4.79 Å². The molecule has 7 heteroatoms. The van der Waals surface area contributed by atoms with Crippen LogP contribution in [0.2, 0.25) is 0 Å². The largest absolute Gasteiger partial charge is 0.419 e. The van der Waals surface area contributed by atoms with Gasteiger partial charge in [0.05, 0.1) is 11.3 Å². The average Bonchev–Trinajstić information content (AvgIpc) is 2.66. The number of hydrogen-bond acceptors (Lipinski definition) is 6. The minimum Gasteiger partial charge on any atom is -0.419 e. The van der Waals surface area contributed by atoms with E-state index in [1.165, 1.54) is 20.0 Å². The van der Waals surface area contributed by atoms with Crippen molar-refractivity contribution >= 4 is 23.5 Å². The molecular formula is C22H22N2O5. The molecule has 1 aliphatic heterocycles. The van der Waals surface area contributed by atoms with Crippen LogP contribution in [0.1, 0.15) is 35.3 Å². The number of nitrogens with one attached hydrogen (secondary N) is 2. The maximum atomic E-state index is 12.6. The van der Waals surface area contributed by atoms with Gasteiger partial charge in [0.1, 0.15) is 0 Å². The van der Waals surface area contributed by atoms with Crippen LogP contribution in [0, 0.1) is 6.92 Å². The summed E-state index contributed by atoms with van der Waals surface area (Å²) in [6, 6.07) is 14.6. The Morgan fingerprint density at radius 1 is 1.00 bits per heavy atom. The van der Waals surface area contributed by atoms with Crippen LogP contribution >= 0.6 is 0 Å². The van der Waals surface area contributed by atoms with E-state index in [9.17, 15) is 14.4 Å². The van der Waals surface area contributed by atoms with Crippen LogP contribution in [-0.2, 0) is 25.6 Å². The summed E-state index contributed by atoms with van der Waals surface area (Å²) in [5, 5.41) is 5.69. The number of amides is 1. The van der Waals surface area contributed by atoms with Gasteiger partial charge in [0.15, 0.2) is 5.57 Å². The van der Waals surface area contributed by atoms with E-state index in [2.05, 4.69) is 10.6 Å². The second kappa shape index (κ2) is 8.18. The smallest absolute Gasteiger partial charge is 0.350 e. The molecule has 0 unspecified atom stereocenters. The lowest BCUT2D eigenvalue weighted by molar-refractivity contribution is -0.222. The topological polar surface area (TPSA) is 93.7 Å². The average molecular weight is 394 g/mol. The molecule has 1 aliphatic rings. The van der Waals surface area contributed by atoms with Gasteiger partial charge in [-0.2, -0.15) is 0 Å². The molecule has 150 valence electrons. The normalized spacial score (nSPS) is 15.2. The standard InChI is InChI=1S/C22H22N2O5/c1-14-8-10-15(11-9-14)12-24-19(25)16-6-4-5-7-18(16)23-13-17-20(26)28-22(2,3)29-21(17)27/h4-11,13,23H,12H2,1-3H3,(H,24,25). The van der Waals surface area contributed by atoms with E-state index < -0.39 is 17.7 Å². The maximum absolute atomic E-state index is 12.6. The van der Waals surface area contributed by atoms with Crippen LogP contribution in [0.4, 0.5) is 5.69 Å². The Labute approximate surface area is 168 Å². The number of hydrogen-bond donors (Lipinski definition) is 2. The summed E-state index contributed by atoms with van der Waals surface area (Å²) in [5.41, 5.74) is 2.65. The highest BCUT2D eigenvalue weighted by Gasteiger charge is 2.39. The summed E-state index contributed by atoms with van der Waals surface area (Å²) in [6.07, 6.45) is 1.19. The SMILES string of the molecule is Cc1ccc(CNC(=O)c2ccccc2NC=C2C(=O)OC(C)(C)OC2=O)cc1. The van der Waals surface area contributed by atoms with Crippen molar-refractivity contribution in [2.75, 3.05) is 5.32 Å². The van der Waals surface area contributed by atoms with Gasteiger partial charge in [0, 0.05) is 26.6 Å². The minimum absolute atomic E-state index is 0.279. The first-order valence-electron chi connectivity index (χ1n) is 9.11. The van der Waals surface area contributed by atoms with Crippen LogP contribution in [-0.4, -0.2) is 23.6 Å². The van der Waals surface area contributed by atoms with Crippen molar-refractivity contribution in [3.63, 3.8) is 0 Å². The number of anilines is 1. The number of aryl methyl sites for hydroxylation is 1. The molecule has 0 radical (unpaired) electrons. The molecule has 0 bridgehead atoms. The van der Waals surface area contributed by atoms with Gasteiger partial charge in [0.25, 0.3) is 11.7 Å². The number of carbonyl (C=O) groups excluding carboxylic acids is 3. The Balaban J connectivity index is 1.71. The molecule has 0 aliphatic carbocycles. The lowest BCUT2D eigenvalue weighted by atomic mass is 10.1. The summed E-state index contributed by atoms with van der Waals surface area (Å²) in [4.78, 5) is 36.7. The van der Waals surface area contributed by atoms with Gasteiger partial charge in [-0.1, -0.05) is 42.0 Å². The van der Waals surface area contributed by atoms with Gasteiger partial charge >= 0.3 is 11.9 Å². The molecule has 0 atom stereocenters. The minimum atomic E-state index is -1.31. The quantitative estimate of drug-likeness (QED) is 0.460. The van der Waals surface area contributed by atoms with E-state index in [1.54, 1.807) is 24.3 Å². The summed E-state index contributed by atoms with van der Waals surface area (Å²) in [6.45, 7) is 5.32. The Bertz CT molecular complexity index is 955. The molecule has 3 rings (SSSR count). The van der Waals surface area contributed by atoms with E-state index in [0.717, 1.165) is 11.1 Å². The van der Waals surface area contributed by atoms with Crippen molar-refractivity contribution < 1.29 is 23.9 Å². The highest BCUT2D eigenvalue weighted by Crippen LogP contribution is 2.23. The third-order valence-corrected chi connectivity index (χ3v) is 4.23. The fraction of sp³-hybridized carbons (Fsp3) is 0.227. The maximum Gasteiger partial charge on any atom is 0.350 e. The number of carbonyl (C=O) groups is 3. The molecule has 1 fully saturated rings. The van der Waals surface area contributed by atoms with E-state index in [-0.39, 0.29) is 11.5 Å². The summed E-state index contributed by atoms with van der Waals surface area (Å²) >= 11 is 0. The van der Waals surface area contributed by atoms with Gasteiger partial charge < -0.3 is 20.1 Å². The molecule has 29 heavy (non-hydrogen) atoms. The second-order valence-electron chi connectivity index (χ2n) is 7.10. The molecule has 7 nitrogen and oxygen atoms in total. The highest BCUT2D eigenvalue weighted by atomic mass is 16.7. The highest BCUT2D eigenvalue weighted by molar-refractivity contribution is 6.15. The first-order valence-corrected chi connectivity index (χ1v) is 9.11. The monoisotopic (exact) mass is 394 g/mol. The predicted molar refractivity (Wildman–Crippen MR) is 107 cm³/mol. The van der Waals surface area contributed by atoms with Crippen LogP contribution in [0.3, 0.4) is 0 Å². The Morgan fingerprint density at radius 3 is 2.28 bits per heavy atom. The zero-order valence-corrected chi connectivity index (χ0v) is 16.4. The third kappa shape index (κ3) is 5.01. The van der Waals surface area contributed by atoms with Crippen molar-refractivity contribution in [3.05, 3.63) is 77.0 Å². The van der Waals surface area contributed by atoms with Crippen molar-refractivity contribution in [1.82, 2.24) is 5.32 Å². The van der Waals surface area contributed by atoms with Gasteiger partial charge in [-0.25, -0.2) is 9.59 Å². The van der Waals surface area contributed by atoms with E-state index in [0.29, 0.717) is 17.8 Å². The zero-order chi connectivity index (χ0) is 21.0. The Morgan fingerprint density at radius 2 is 1.62 bits per heavy atom. The van der Waals surface area contributed by atoms with Crippen LogP contribution in [0.15, 0.2) is 60.3 Å². The molecule has 0 spiro atoms. The van der Waals surface area contributed by atoms with Crippen molar-refractivity contribution in [3.8, 4) is 0 Å². The van der Waals surface area contributed by atoms with Crippen LogP contribution in [0.25, 0.3) is 0 Å². The molecule has 0 aromatic heterocycles. The number of para-hydroxylation sites is 1. The van der Waals surface area contributed by atoms with Crippen molar-refractivity contribution in [2.24, 2.45) is 0 Å². The summed E-state index contributed by atoms with van der Waals surface area (Å²) in [5.74, 6) is -3.18. The van der Waals surface area contributed by atoms with Crippen LogP contribution < -0.4 is 10.6 Å². The van der Waals surface area contributed by atoms with Gasteiger partial charge in [0.2, 0.25) is 0 Å². The number of ether oxygens (including phenoxy) is 2. The van der Waals surface area contributed by atoms with Crippen molar-refractivity contribution in [2.45, 2.75) is 33.1 Å². The Hall–Kier alpha value is -3.61. The molecule has 2 aromatic carbocycles. The Kier molecular flexibility index (Phi) is 5.68. The summed E-state index contributed by atoms with van der Waals surface area (Å²) < 4.78 is 10.1. The first kappa shape index (κ1) is 20.1. The number of esters is 2. The molecule has 2 aromatic rings. The summed E-state index contributed by atoms with van der Waals surface area (Å²) in [7, 11) is 0. The first-order chi connectivity index (χ1) is 13.7. The van der Waals surface area contributed by atoms with Crippen LogP contribution in [0.5, 0.6) is 0 Å².